The molecule has 7 rings (SSSR count). The average Bonchev–Trinajstić information content (AvgIpc) is 3.99. The van der Waals surface area contributed by atoms with Crippen LogP contribution in [0.1, 0.15) is 204 Å². The van der Waals surface area contributed by atoms with Crippen molar-refractivity contribution in [3.05, 3.63) is 58.2 Å². The molecule has 2 aromatic heterocycles. The highest BCUT2D eigenvalue weighted by Crippen LogP contribution is 2.64. The predicted octanol–water partition coefficient (Wildman–Crippen LogP) is 15.9. The maximum atomic E-state index is 18.9. The second-order valence-electron chi connectivity index (χ2n) is 17.2. The number of fused-ring (bicyclic) bond motifs is 10. The number of rotatable bonds is 24. The molecule has 2 heterocycles. The standard InChI is InChI=1S/C48H64F2N4S2/c1-5-9-13-17-21-29-47(30-22-18-14-10-6-2)33-25-27-35-45(53-55-51-35)37(33)39-41(47)43(49)40-38-34(26-28-36-46(38)54-56-52-36)48(42(40)44(39)50,31-23-19-15-11-7-3)32-24-20-16-12-8-4/h25-28H,5-24,29-32H2,1-4H3. The average molecular weight is 799 g/mol. The van der Waals surface area contributed by atoms with Crippen LogP contribution >= 0.6 is 23.5 Å². The van der Waals surface area contributed by atoms with Gasteiger partial charge in [-0.1, -0.05) is 168 Å². The molecule has 2 aliphatic rings. The summed E-state index contributed by atoms with van der Waals surface area (Å²) in [5.41, 5.74) is 7.64. The van der Waals surface area contributed by atoms with E-state index in [9.17, 15) is 0 Å². The van der Waals surface area contributed by atoms with E-state index in [1.807, 2.05) is 0 Å². The van der Waals surface area contributed by atoms with E-state index in [0.29, 0.717) is 22.3 Å². The van der Waals surface area contributed by atoms with Crippen LogP contribution in [0.4, 0.5) is 8.78 Å². The van der Waals surface area contributed by atoms with Crippen LogP contribution < -0.4 is 0 Å². The number of halogens is 2. The van der Waals surface area contributed by atoms with Crippen LogP contribution in [0, 0.1) is 11.6 Å². The molecular formula is C48H64F2N4S2. The van der Waals surface area contributed by atoms with Crippen molar-refractivity contribution in [3.8, 4) is 22.3 Å². The fourth-order valence-electron chi connectivity index (χ4n) is 10.7. The van der Waals surface area contributed by atoms with Gasteiger partial charge in [0.05, 0.1) is 23.5 Å². The van der Waals surface area contributed by atoms with E-state index in [0.717, 1.165) is 121 Å². The molecule has 0 saturated carbocycles. The first kappa shape index (κ1) is 41.3. The summed E-state index contributed by atoms with van der Waals surface area (Å²) in [5.74, 6) is -0.432. The smallest absolute Gasteiger partial charge is 0.136 e. The summed E-state index contributed by atoms with van der Waals surface area (Å²) < 4.78 is 56.8. The third kappa shape index (κ3) is 7.48. The lowest BCUT2D eigenvalue weighted by Crippen LogP contribution is -2.29. The van der Waals surface area contributed by atoms with Crippen molar-refractivity contribution in [1.29, 1.82) is 0 Å². The molecule has 0 radical (unpaired) electrons. The lowest BCUT2D eigenvalue weighted by molar-refractivity contribution is 0.376. The monoisotopic (exact) mass is 798 g/mol. The Morgan fingerprint density at radius 2 is 0.732 bits per heavy atom. The number of hydrogen-bond acceptors (Lipinski definition) is 6. The Hall–Kier alpha value is -2.84. The van der Waals surface area contributed by atoms with Gasteiger partial charge in [0.15, 0.2) is 0 Å². The molecule has 8 heteroatoms. The molecule has 0 bridgehead atoms. The molecule has 5 aromatic rings. The van der Waals surface area contributed by atoms with Gasteiger partial charge >= 0.3 is 0 Å². The van der Waals surface area contributed by atoms with Crippen LogP contribution in [0.25, 0.3) is 44.3 Å². The zero-order valence-corrected chi connectivity index (χ0v) is 36.3. The zero-order chi connectivity index (χ0) is 39.1. The Morgan fingerprint density at radius 3 is 1.05 bits per heavy atom. The second-order valence-corrected chi connectivity index (χ2v) is 18.2. The van der Waals surface area contributed by atoms with Crippen molar-refractivity contribution >= 4 is 45.5 Å². The summed E-state index contributed by atoms with van der Waals surface area (Å²) in [4.78, 5) is 0. The third-order valence-corrected chi connectivity index (χ3v) is 14.6. The predicted molar refractivity (Wildman–Crippen MR) is 234 cm³/mol. The summed E-state index contributed by atoms with van der Waals surface area (Å²) in [6.07, 6.45) is 25.7. The van der Waals surface area contributed by atoms with Gasteiger partial charge in [-0.2, -0.15) is 17.5 Å². The van der Waals surface area contributed by atoms with Gasteiger partial charge in [-0.3, -0.25) is 0 Å². The molecule has 0 aliphatic heterocycles. The minimum Gasteiger partial charge on any atom is -0.206 e. The third-order valence-electron chi connectivity index (χ3n) is 13.6. The van der Waals surface area contributed by atoms with Crippen molar-refractivity contribution in [1.82, 2.24) is 17.5 Å². The first-order valence-corrected chi connectivity index (χ1v) is 24.0. The number of nitrogens with zero attached hydrogens (tertiary/aromatic N) is 4. The SMILES string of the molecule is CCCCCCCC1(CCCCCCC)c2ccc3nsnc3c2-c2c(F)c3c(c(F)c21)-c1c(ccc2nsnc12)C3(CCCCCCC)CCCCCCC. The number of hydrogen-bond donors (Lipinski definition) is 0. The normalized spacial score (nSPS) is 14.8. The Bertz CT molecular complexity index is 1910. The summed E-state index contributed by atoms with van der Waals surface area (Å²) in [6, 6.07) is 8.47. The molecule has 0 atom stereocenters. The highest BCUT2D eigenvalue weighted by atomic mass is 32.1. The molecule has 0 amide bonds. The van der Waals surface area contributed by atoms with E-state index in [-0.39, 0.29) is 11.6 Å². The van der Waals surface area contributed by atoms with Crippen molar-refractivity contribution in [2.24, 2.45) is 0 Å². The molecule has 56 heavy (non-hydrogen) atoms. The Labute approximate surface area is 343 Å². The van der Waals surface area contributed by atoms with E-state index >= 15 is 8.78 Å². The lowest BCUT2D eigenvalue weighted by Gasteiger charge is -2.35. The highest BCUT2D eigenvalue weighted by Gasteiger charge is 2.54. The first-order chi connectivity index (χ1) is 27.5. The first-order valence-electron chi connectivity index (χ1n) is 22.6. The molecule has 0 unspecified atom stereocenters. The van der Waals surface area contributed by atoms with Crippen molar-refractivity contribution in [2.45, 2.75) is 193 Å². The van der Waals surface area contributed by atoms with E-state index in [4.69, 9.17) is 8.75 Å². The van der Waals surface area contributed by atoms with Crippen LogP contribution in [0.2, 0.25) is 0 Å². The largest absolute Gasteiger partial charge is 0.206 e. The van der Waals surface area contributed by atoms with Gasteiger partial charge < -0.3 is 0 Å². The van der Waals surface area contributed by atoms with Gasteiger partial charge in [0, 0.05) is 44.2 Å². The number of aromatic nitrogens is 4. The van der Waals surface area contributed by atoms with Crippen LogP contribution in [0.5, 0.6) is 0 Å². The fraction of sp³-hybridized carbons (Fsp3) is 0.625. The quantitative estimate of drug-likeness (QED) is 0.0584. The molecule has 302 valence electrons. The topological polar surface area (TPSA) is 51.6 Å². The Kier molecular flexibility index (Phi) is 13.9. The van der Waals surface area contributed by atoms with Gasteiger partial charge in [-0.05, 0) is 48.9 Å². The van der Waals surface area contributed by atoms with Crippen molar-refractivity contribution < 1.29 is 8.78 Å². The molecule has 3 aromatic carbocycles. The van der Waals surface area contributed by atoms with Gasteiger partial charge in [-0.25, -0.2) is 8.78 Å². The molecule has 4 nitrogen and oxygen atoms in total. The van der Waals surface area contributed by atoms with Gasteiger partial charge in [0.1, 0.15) is 33.7 Å². The van der Waals surface area contributed by atoms with Crippen LogP contribution in [-0.4, -0.2) is 17.5 Å². The highest BCUT2D eigenvalue weighted by molar-refractivity contribution is 7.00. The van der Waals surface area contributed by atoms with Gasteiger partial charge in [0.25, 0.3) is 0 Å². The van der Waals surface area contributed by atoms with E-state index in [1.165, 1.54) is 101 Å². The second kappa shape index (κ2) is 18.8. The minimum atomic E-state index is -0.638. The number of benzene rings is 3. The molecule has 2 aliphatic carbocycles. The van der Waals surface area contributed by atoms with Gasteiger partial charge in [-0.15, -0.1) is 0 Å². The Morgan fingerprint density at radius 1 is 0.411 bits per heavy atom. The number of unbranched alkanes of at least 4 members (excludes halogenated alkanes) is 16. The Balaban J connectivity index is 1.49. The van der Waals surface area contributed by atoms with E-state index in [2.05, 4.69) is 60.7 Å². The fourth-order valence-corrected chi connectivity index (χ4v) is 11.8. The maximum absolute atomic E-state index is 18.9. The van der Waals surface area contributed by atoms with Crippen LogP contribution in [-0.2, 0) is 10.8 Å². The minimum absolute atomic E-state index is 0.216. The van der Waals surface area contributed by atoms with Gasteiger partial charge in [0.2, 0.25) is 0 Å². The summed E-state index contributed by atoms with van der Waals surface area (Å²) in [6.45, 7) is 8.99. The molecule has 0 spiro atoms. The van der Waals surface area contributed by atoms with Crippen molar-refractivity contribution in [3.63, 3.8) is 0 Å². The molecule has 0 fully saturated rings. The maximum Gasteiger partial charge on any atom is 0.136 e. The summed E-state index contributed by atoms with van der Waals surface area (Å²) in [7, 11) is 0. The lowest BCUT2D eigenvalue weighted by atomic mass is 9.68. The van der Waals surface area contributed by atoms with Crippen LogP contribution in [0.15, 0.2) is 24.3 Å². The van der Waals surface area contributed by atoms with E-state index < -0.39 is 10.8 Å². The van der Waals surface area contributed by atoms with Crippen LogP contribution in [0.3, 0.4) is 0 Å². The molecular weight excluding hydrogens is 735 g/mol. The van der Waals surface area contributed by atoms with Crippen molar-refractivity contribution in [2.75, 3.05) is 0 Å². The molecule has 0 N–H and O–H groups in total. The van der Waals surface area contributed by atoms with E-state index in [1.54, 1.807) is 0 Å². The molecule has 0 saturated heterocycles. The summed E-state index contributed by atoms with van der Waals surface area (Å²) >= 11 is 2.36. The summed E-state index contributed by atoms with van der Waals surface area (Å²) in [5, 5.41) is 0. The zero-order valence-electron chi connectivity index (χ0n) is 34.6.